The summed E-state index contributed by atoms with van der Waals surface area (Å²) < 4.78 is 18.8. The molecule has 1 aromatic carbocycles. The van der Waals surface area contributed by atoms with E-state index in [1.807, 2.05) is 0 Å². The first kappa shape index (κ1) is 12.9. The maximum absolute atomic E-state index is 13.5. The molecule has 1 heterocycles. The number of hydrogen-bond acceptors (Lipinski definition) is 3. The zero-order valence-electron chi connectivity index (χ0n) is 11.4. The second-order valence-electron chi connectivity index (χ2n) is 5.83. The zero-order valence-corrected chi connectivity index (χ0v) is 11.4. The van der Waals surface area contributed by atoms with Gasteiger partial charge in [-0.1, -0.05) is 0 Å². The predicted molar refractivity (Wildman–Crippen MR) is 70.7 cm³/mol. The van der Waals surface area contributed by atoms with Gasteiger partial charge in [-0.25, -0.2) is 4.39 Å². The largest absolute Gasteiger partial charge is 0.496 e. The summed E-state index contributed by atoms with van der Waals surface area (Å²) >= 11 is 0. The van der Waals surface area contributed by atoms with Gasteiger partial charge in [0.1, 0.15) is 17.2 Å². The van der Waals surface area contributed by atoms with Crippen LogP contribution < -0.4 is 4.74 Å². The summed E-state index contributed by atoms with van der Waals surface area (Å²) in [6, 6.07) is 5.28. The monoisotopic (exact) mass is 265 g/mol. The normalized spacial score (nSPS) is 31.7. The van der Waals surface area contributed by atoms with E-state index in [4.69, 9.17) is 4.74 Å². The van der Waals surface area contributed by atoms with Crippen molar-refractivity contribution in [2.45, 2.75) is 43.9 Å². The molecule has 2 atom stereocenters. The molecular formula is C15H20FNO2. The van der Waals surface area contributed by atoms with Crippen molar-refractivity contribution in [1.82, 2.24) is 4.90 Å². The highest BCUT2D eigenvalue weighted by atomic mass is 19.1. The Morgan fingerprint density at radius 1 is 1.42 bits per heavy atom. The Labute approximate surface area is 113 Å². The van der Waals surface area contributed by atoms with Crippen LogP contribution in [0.25, 0.3) is 0 Å². The van der Waals surface area contributed by atoms with E-state index in [-0.39, 0.29) is 5.82 Å². The van der Waals surface area contributed by atoms with E-state index >= 15 is 0 Å². The van der Waals surface area contributed by atoms with Gasteiger partial charge in [0.25, 0.3) is 0 Å². The number of aliphatic hydroxyl groups is 1. The van der Waals surface area contributed by atoms with Gasteiger partial charge in [-0.3, -0.25) is 4.90 Å². The first-order valence-corrected chi connectivity index (χ1v) is 6.85. The molecule has 0 aromatic heterocycles. The fourth-order valence-corrected chi connectivity index (χ4v) is 3.26. The maximum Gasteiger partial charge on any atom is 0.125 e. The van der Waals surface area contributed by atoms with E-state index in [0.29, 0.717) is 36.4 Å². The third-order valence-corrected chi connectivity index (χ3v) is 4.32. The van der Waals surface area contributed by atoms with Crippen LogP contribution in [0, 0.1) is 5.82 Å². The van der Waals surface area contributed by atoms with E-state index in [1.54, 1.807) is 13.2 Å². The number of ether oxygens (including phenoxy) is 1. The summed E-state index contributed by atoms with van der Waals surface area (Å²) in [7, 11) is 1.55. The first-order chi connectivity index (χ1) is 9.03. The van der Waals surface area contributed by atoms with Gasteiger partial charge in [0.05, 0.1) is 7.11 Å². The molecule has 1 aliphatic heterocycles. The lowest BCUT2D eigenvalue weighted by Crippen LogP contribution is -2.33. The van der Waals surface area contributed by atoms with Gasteiger partial charge in [-0.05, 0) is 44.4 Å². The van der Waals surface area contributed by atoms with Crippen LogP contribution in [-0.4, -0.2) is 35.7 Å². The zero-order chi connectivity index (χ0) is 13.6. The SMILES string of the molecule is COc1ccc(F)cc1C1(O)CC(C)N(C2CC2)C1. The van der Waals surface area contributed by atoms with Gasteiger partial charge in [-0.15, -0.1) is 0 Å². The average molecular weight is 265 g/mol. The molecule has 3 rings (SSSR count). The molecule has 1 saturated heterocycles. The number of benzene rings is 1. The van der Waals surface area contributed by atoms with Gasteiger partial charge in [0.15, 0.2) is 0 Å². The van der Waals surface area contributed by atoms with Crippen molar-refractivity contribution in [2.75, 3.05) is 13.7 Å². The Bertz CT molecular complexity index is 489. The summed E-state index contributed by atoms with van der Waals surface area (Å²) in [6.45, 7) is 2.70. The molecule has 4 heteroatoms. The quantitative estimate of drug-likeness (QED) is 0.910. The average Bonchev–Trinajstić information content (AvgIpc) is 3.16. The number of likely N-dealkylation sites (tertiary alicyclic amines) is 1. The first-order valence-electron chi connectivity index (χ1n) is 6.85. The Balaban J connectivity index is 1.94. The van der Waals surface area contributed by atoms with Crippen molar-refractivity contribution in [3.63, 3.8) is 0 Å². The lowest BCUT2D eigenvalue weighted by Gasteiger charge is -2.26. The third-order valence-electron chi connectivity index (χ3n) is 4.32. The highest BCUT2D eigenvalue weighted by molar-refractivity contribution is 5.40. The molecule has 2 fully saturated rings. The molecule has 1 saturated carbocycles. The van der Waals surface area contributed by atoms with Crippen LogP contribution in [0.1, 0.15) is 31.7 Å². The van der Waals surface area contributed by atoms with E-state index in [1.165, 1.54) is 25.0 Å². The summed E-state index contributed by atoms with van der Waals surface area (Å²) in [4.78, 5) is 2.34. The van der Waals surface area contributed by atoms with Crippen LogP contribution in [0.2, 0.25) is 0 Å². The topological polar surface area (TPSA) is 32.7 Å². The van der Waals surface area contributed by atoms with Crippen LogP contribution in [0.5, 0.6) is 5.75 Å². The lowest BCUT2D eigenvalue weighted by molar-refractivity contribution is 0.0424. The molecule has 3 nitrogen and oxygen atoms in total. The molecule has 104 valence electrons. The van der Waals surface area contributed by atoms with Crippen molar-refractivity contribution < 1.29 is 14.2 Å². The van der Waals surface area contributed by atoms with Crippen molar-refractivity contribution in [1.29, 1.82) is 0 Å². The number of methoxy groups -OCH3 is 1. The molecule has 1 aromatic rings. The van der Waals surface area contributed by atoms with Gasteiger partial charge in [-0.2, -0.15) is 0 Å². The van der Waals surface area contributed by atoms with Gasteiger partial charge in [0.2, 0.25) is 0 Å². The smallest absolute Gasteiger partial charge is 0.125 e. The van der Waals surface area contributed by atoms with Crippen LogP contribution in [-0.2, 0) is 5.60 Å². The minimum atomic E-state index is -1.00. The molecule has 1 aliphatic carbocycles. The van der Waals surface area contributed by atoms with E-state index in [0.717, 1.165) is 0 Å². The van der Waals surface area contributed by atoms with Crippen molar-refractivity contribution in [3.8, 4) is 5.75 Å². The highest BCUT2D eigenvalue weighted by Crippen LogP contribution is 2.44. The summed E-state index contributed by atoms with van der Waals surface area (Å²) in [5.41, 5.74) is -0.430. The van der Waals surface area contributed by atoms with Gasteiger partial charge >= 0.3 is 0 Å². The van der Waals surface area contributed by atoms with Gasteiger partial charge in [0, 0.05) is 24.2 Å². The number of β-amino-alcohol motifs (C(OH)–C–C–N with tert-alkyl or cyclic N) is 1. The van der Waals surface area contributed by atoms with E-state index in [2.05, 4.69) is 11.8 Å². The molecule has 19 heavy (non-hydrogen) atoms. The maximum atomic E-state index is 13.5. The summed E-state index contributed by atoms with van der Waals surface area (Å²) in [5, 5.41) is 10.9. The Morgan fingerprint density at radius 2 is 2.16 bits per heavy atom. The second kappa shape index (κ2) is 4.46. The minimum Gasteiger partial charge on any atom is -0.496 e. The highest BCUT2D eigenvalue weighted by Gasteiger charge is 2.48. The Kier molecular flexibility index (Phi) is 3.02. The fourth-order valence-electron chi connectivity index (χ4n) is 3.26. The van der Waals surface area contributed by atoms with Crippen molar-refractivity contribution >= 4 is 0 Å². The van der Waals surface area contributed by atoms with Crippen LogP contribution in [0.4, 0.5) is 4.39 Å². The van der Waals surface area contributed by atoms with Crippen molar-refractivity contribution in [3.05, 3.63) is 29.6 Å². The van der Waals surface area contributed by atoms with Crippen LogP contribution in [0.15, 0.2) is 18.2 Å². The van der Waals surface area contributed by atoms with Crippen molar-refractivity contribution in [2.24, 2.45) is 0 Å². The lowest BCUT2D eigenvalue weighted by atomic mass is 9.90. The second-order valence-corrected chi connectivity index (χ2v) is 5.83. The van der Waals surface area contributed by atoms with E-state index in [9.17, 15) is 9.50 Å². The number of halogens is 1. The Hall–Kier alpha value is -1.13. The molecule has 0 radical (unpaired) electrons. The molecule has 0 spiro atoms. The third kappa shape index (κ3) is 2.23. The molecule has 2 aliphatic rings. The number of hydrogen-bond donors (Lipinski definition) is 1. The molecular weight excluding hydrogens is 245 g/mol. The standard InChI is InChI=1S/C15H20FNO2/c1-10-8-15(18,9-17(10)12-4-5-12)13-7-11(16)3-6-14(13)19-2/h3,6-7,10,12,18H,4-5,8-9H2,1-2H3. The fraction of sp³-hybridized carbons (Fsp3) is 0.600. The molecule has 2 unspecified atom stereocenters. The number of nitrogens with zero attached hydrogens (tertiary/aromatic N) is 1. The molecule has 0 amide bonds. The van der Waals surface area contributed by atoms with Crippen LogP contribution >= 0.6 is 0 Å². The molecule has 0 bridgehead atoms. The summed E-state index contributed by atoms with van der Waals surface area (Å²) in [5.74, 6) is 0.232. The predicted octanol–water partition coefficient (Wildman–Crippen LogP) is 2.28. The Morgan fingerprint density at radius 3 is 2.79 bits per heavy atom. The minimum absolute atomic E-state index is 0.325. The van der Waals surface area contributed by atoms with Gasteiger partial charge < -0.3 is 9.84 Å². The molecule has 1 N–H and O–H groups in total. The van der Waals surface area contributed by atoms with E-state index < -0.39 is 5.60 Å². The summed E-state index contributed by atoms with van der Waals surface area (Å²) in [6.07, 6.45) is 3.05. The van der Waals surface area contributed by atoms with Crippen LogP contribution in [0.3, 0.4) is 0 Å². The number of rotatable bonds is 3.